The fraction of sp³-hybridized carbons (Fsp3) is 0.455. The van der Waals surface area contributed by atoms with Crippen LogP contribution in [0.1, 0.15) is 19.5 Å². The van der Waals surface area contributed by atoms with Gasteiger partial charge in [0.1, 0.15) is 5.82 Å². The molecule has 0 radical (unpaired) electrons. The van der Waals surface area contributed by atoms with Gasteiger partial charge in [0.2, 0.25) is 0 Å². The number of hydrogen-bond donors (Lipinski definition) is 1. The molecule has 0 atom stereocenters. The Labute approximate surface area is 90.3 Å². The Morgan fingerprint density at radius 3 is 2.60 bits per heavy atom. The van der Waals surface area contributed by atoms with Gasteiger partial charge in [-0.3, -0.25) is 5.32 Å². The summed E-state index contributed by atoms with van der Waals surface area (Å²) < 4.78 is 0. The molecule has 0 fully saturated rings. The molecule has 4 heteroatoms. The van der Waals surface area contributed by atoms with Crippen molar-refractivity contribution in [1.82, 2.24) is 9.88 Å². The third-order valence-electron chi connectivity index (χ3n) is 2.17. The number of carbonyl (C=O) groups is 1. The van der Waals surface area contributed by atoms with Crippen molar-refractivity contribution in [2.45, 2.75) is 20.8 Å². The largest absolute Gasteiger partial charge is 0.325 e. The van der Waals surface area contributed by atoms with Gasteiger partial charge < -0.3 is 4.90 Å². The number of aromatic nitrogens is 1. The van der Waals surface area contributed by atoms with Gasteiger partial charge in [-0.2, -0.15) is 0 Å². The van der Waals surface area contributed by atoms with Crippen molar-refractivity contribution in [2.75, 3.05) is 18.4 Å². The summed E-state index contributed by atoms with van der Waals surface area (Å²) in [5, 5.41) is 2.76. The quantitative estimate of drug-likeness (QED) is 0.826. The van der Waals surface area contributed by atoms with E-state index in [1.165, 1.54) is 0 Å². The summed E-state index contributed by atoms with van der Waals surface area (Å²) in [7, 11) is 0. The fourth-order valence-electron chi connectivity index (χ4n) is 1.31. The molecule has 0 aliphatic heterocycles. The smallest absolute Gasteiger partial charge is 0.322 e. The van der Waals surface area contributed by atoms with Crippen LogP contribution in [0.25, 0.3) is 0 Å². The zero-order valence-corrected chi connectivity index (χ0v) is 9.45. The van der Waals surface area contributed by atoms with Gasteiger partial charge in [0.15, 0.2) is 0 Å². The molecule has 0 aliphatic carbocycles. The Bertz CT molecular complexity index is 334. The number of carbonyl (C=O) groups excluding carboxylic acids is 1. The predicted octanol–water partition coefficient (Wildman–Crippen LogP) is 2.26. The van der Waals surface area contributed by atoms with Gasteiger partial charge in [0.25, 0.3) is 0 Å². The molecule has 0 spiro atoms. The molecule has 1 heterocycles. The van der Waals surface area contributed by atoms with Gasteiger partial charge in [0, 0.05) is 18.8 Å². The minimum Gasteiger partial charge on any atom is -0.325 e. The number of urea groups is 1. The van der Waals surface area contributed by atoms with E-state index < -0.39 is 0 Å². The van der Waals surface area contributed by atoms with Crippen LogP contribution in [0, 0.1) is 6.92 Å². The molecule has 0 unspecified atom stereocenters. The van der Waals surface area contributed by atoms with Crippen LogP contribution < -0.4 is 5.32 Å². The minimum absolute atomic E-state index is 0.0990. The summed E-state index contributed by atoms with van der Waals surface area (Å²) >= 11 is 0. The first kappa shape index (κ1) is 11.5. The second-order valence-electron chi connectivity index (χ2n) is 3.27. The predicted molar refractivity (Wildman–Crippen MR) is 60.9 cm³/mol. The van der Waals surface area contributed by atoms with E-state index in [0.717, 1.165) is 5.69 Å². The number of aryl methyl sites for hydroxylation is 1. The second kappa shape index (κ2) is 5.34. The first-order valence-electron chi connectivity index (χ1n) is 5.17. The zero-order chi connectivity index (χ0) is 11.3. The second-order valence-corrected chi connectivity index (χ2v) is 3.27. The van der Waals surface area contributed by atoms with Crippen molar-refractivity contribution in [3.05, 3.63) is 23.9 Å². The van der Waals surface area contributed by atoms with Crippen molar-refractivity contribution in [3.63, 3.8) is 0 Å². The number of nitrogens with zero attached hydrogens (tertiary/aromatic N) is 2. The molecule has 15 heavy (non-hydrogen) atoms. The molecule has 0 aliphatic rings. The molecule has 0 saturated heterocycles. The van der Waals surface area contributed by atoms with Gasteiger partial charge in [-0.15, -0.1) is 0 Å². The van der Waals surface area contributed by atoms with E-state index in [2.05, 4.69) is 10.3 Å². The van der Waals surface area contributed by atoms with Crippen LogP contribution >= 0.6 is 0 Å². The third-order valence-corrected chi connectivity index (χ3v) is 2.17. The number of anilines is 1. The van der Waals surface area contributed by atoms with Crippen LogP contribution in [-0.4, -0.2) is 29.0 Å². The SMILES string of the molecule is CCN(CC)C(=O)Nc1cccc(C)n1. The topological polar surface area (TPSA) is 45.2 Å². The van der Waals surface area contributed by atoms with E-state index in [4.69, 9.17) is 0 Å². The van der Waals surface area contributed by atoms with Crippen LogP contribution in [0.3, 0.4) is 0 Å². The van der Waals surface area contributed by atoms with Crippen LogP contribution in [0.15, 0.2) is 18.2 Å². The molecular formula is C11H17N3O. The van der Waals surface area contributed by atoms with Crippen molar-refractivity contribution in [1.29, 1.82) is 0 Å². The molecule has 0 saturated carbocycles. The Balaban J connectivity index is 2.65. The van der Waals surface area contributed by atoms with E-state index in [1.54, 1.807) is 11.0 Å². The lowest BCUT2D eigenvalue weighted by molar-refractivity contribution is 0.217. The molecular weight excluding hydrogens is 190 g/mol. The summed E-state index contributed by atoms with van der Waals surface area (Å²) in [5.41, 5.74) is 0.896. The molecule has 2 amide bonds. The van der Waals surface area contributed by atoms with Crippen molar-refractivity contribution >= 4 is 11.8 Å². The summed E-state index contributed by atoms with van der Waals surface area (Å²) in [5.74, 6) is 0.604. The van der Waals surface area contributed by atoms with E-state index in [1.807, 2.05) is 32.9 Å². The maximum absolute atomic E-state index is 11.7. The first-order valence-corrected chi connectivity index (χ1v) is 5.17. The lowest BCUT2D eigenvalue weighted by Gasteiger charge is -2.18. The maximum atomic E-state index is 11.7. The average molecular weight is 207 g/mol. The highest BCUT2D eigenvalue weighted by Crippen LogP contribution is 2.05. The van der Waals surface area contributed by atoms with E-state index in [9.17, 15) is 4.79 Å². The first-order chi connectivity index (χ1) is 7.17. The maximum Gasteiger partial charge on any atom is 0.322 e. The van der Waals surface area contributed by atoms with Crippen molar-refractivity contribution < 1.29 is 4.79 Å². The van der Waals surface area contributed by atoms with Crippen molar-refractivity contribution in [3.8, 4) is 0 Å². The molecule has 82 valence electrons. The Morgan fingerprint density at radius 1 is 1.40 bits per heavy atom. The van der Waals surface area contributed by atoms with Crippen molar-refractivity contribution in [2.24, 2.45) is 0 Å². The third kappa shape index (κ3) is 3.23. The van der Waals surface area contributed by atoms with Crippen LogP contribution in [0.4, 0.5) is 10.6 Å². The number of pyridine rings is 1. The zero-order valence-electron chi connectivity index (χ0n) is 9.45. The molecule has 0 aromatic carbocycles. The van der Waals surface area contributed by atoms with E-state index in [0.29, 0.717) is 18.9 Å². The highest BCUT2D eigenvalue weighted by Gasteiger charge is 2.09. The number of amides is 2. The monoisotopic (exact) mass is 207 g/mol. The van der Waals surface area contributed by atoms with Gasteiger partial charge in [-0.1, -0.05) is 6.07 Å². The molecule has 1 aromatic heterocycles. The fourth-order valence-corrected chi connectivity index (χ4v) is 1.31. The van der Waals surface area contributed by atoms with Gasteiger partial charge in [-0.05, 0) is 32.9 Å². The molecule has 0 bridgehead atoms. The van der Waals surface area contributed by atoms with Crippen LogP contribution in [0.5, 0.6) is 0 Å². The summed E-state index contributed by atoms with van der Waals surface area (Å²) in [4.78, 5) is 17.6. The molecule has 4 nitrogen and oxygen atoms in total. The highest BCUT2D eigenvalue weighted by molar-refractivity contribution is 5.88. The molecule has 1 N–H and O–H groups in total. The van der Waals surface area contributed by atoms with Gasteiger partial charge in [-0.25, -0.2) is 9.78 Å². The number of hydrogen-bond acceptors (Lipinski definition) is 2. The minimum atomic E-state index is -0.0990. The Morgan fingerprint density at radius 2 is 2.07 bits per heavy atom. The number of rotatable bonds is 3. The Kier molecular flexibility index (Phi) is 4.09. The van der Waals surface area contributed by atoms with Gasteiger partial charge >= 0.3 is 6.03 Å². The molecule has 1 rings (SSSR count). The highest BCUT2D eigenvalue weighted by atomic mass is 16.2. The standard InChI is InChI=1S/C11H17N3O/c1-4-14(5-2)11(15)13-10-8-6-7-9(3)12-10/h6-8H,4-5H2,1-3H3,(H,12,13,15). The van der Waals surface area contributed by atoms with Gasteiger partial charge in [0.05, 0.1) is 0 Å². The van der Waals surface area contributed by atoms with E-state index >= 15 is 0 Å². The summed E-state index contributed by atoms with van der Waals surface area (Å²) in [6.07, 6.45) is 0. The average Bonchev–Trinajstić information content (AvgIpc) is 2.19. The Hall–Kier alpha value is -1.58. The van der Waals surface area contributed by atoms with E-state index in [-0.39, 0.29) is 6.03 Å². The van der Waals surface area contributed by atoms with Crippen LogP contribution in [-0.2, 0) is 0 Å². The summed E-state index contributed by atoms with van der Waals surface area (Å²) in [6.45, 7) is 7.20. The van der Waals surface area contributed by atoms with Crippen LogP contribution in [0.2, 0.25) is 0 Å². The normalized spacial score (nSPS) is 9.80. The lowest BCUT2D eigenvalue weighted by Crippen LogP contribution is -2.34. The lowest BCUT2D eigenvalue weighted by atomic mass is 10.4. The number of nitrogens with one attached hydrogen (secondary N) is 1. The summed E-state index contributed by atoms with van der Waals surface area (Å²) in [6, 6.07) is 5.46. The molecule has 1 aromatic rings.